The Kier molecular flexibility index (Phi) is 6.69. The van der Waals surface area contributed by atoms with Crippen LogP contribution in [0.2, 0.25) is 0 Å². The molecule has 5 nitrogen and oxygen atoms in total. The number of halogens is 4. The maximum absolute atomic E-state index is 14.1. The number of fused-ring (bicyclic) bond motifs is 1. The van der Waals surface area contributed by atoms with Crippen LogP contribution in [-0.2, 0) is 12.7 Å². The summed E-state index contributed by atoms with van der Waals surface area (Å²) in [5, 5.41) is 7.51. The molecule has 1 aromatic heterocycles. The molecule has 1 aliphatic rings. The fraction of sp³-hybridized carbons (Fsp3) is 0.417. The monoisotopic (exact) mass is 461 g/mol. The third-order valence-electron chi connectivity index (χ3n) is 6.06. The summed E-state index contributed by atoms with van der Waals surface area (Å²) in [6, 6.07) is 11.1. The molecule has 9 heteroatoms. The number of aromatic nitrogens is 2. The Morgan fingerprint density at radius 1 is 0.939 bits per heavy atom. The van der Waals surface area contributed by atoms with Gasteiger partial charge in [-0.1, -0.05) is 18.2 Å². The molecule has 1 saturated carbocycles. The van der Waals surface area contributed by atoms with Crippen LogP contribution in [0, 0.1) is 5.82 Å². The van der Waals surface area contributed by atoms with Crippen molar-refractivity contribution in [3.63, 3.8) is 0 Å². The summed E-state index contributed by atoms with van der Waals surface area (Å²) in [7, 11) is 3.88. The predicted molar refractivity (Wildman–Crippen MR) is 122 cm³/mol. The van der Waals surface area contributed by atoms with E-state index in [9.17, 15) is 17.6 Å². The number of anilines is 2. The lowest BCUT2D eigenvalue weighted by molar-refractivity contribution is -0.138. The molecule has 1 aliphatic carbocycles. The van der Waals surface area contributed by atoms with Gasteiger partial charge in [-0.15, -0.1) is 0 Å². The van der Waals surface area contributed by atoms with Crippen LogP contribution < -0.4 is 15.5 Å². The molecule has 2 aromatic carbocycles. The van der Waals surface area contributed by atoms with Gasteiger partial charge in [-0.25, -0.2) is 9.37 Å². The van der Waals surface area contributed by atoms with Crippen LogP contribution in [0.15, 0.2) is 42.5 Å². The van der Waals surface area contributed by atoms with Gasteiger partial charge in [0, 0.05) is 43.7 Å². The van der Waals surface area contributed by atoms with E-state index in [2.05, 4.69) is 20.6 Å². The van der Waals surface area contributed by atoms with Crippen LogP contribution in [0.3, 0.4) is 0 Å². The first kappa shape index (κ1) is 23.2. The van der Waals surface area contributed by atoms with E-state index in [1.54, 1.807) is 0 Å². The van der Waals surface area contributed by atoms with E-state index in [0.29, 0.717) is 5.95 Å². The van der Waals surface area contributed by atoms with Crippen molar-refractivity contribution in [3.8, 4) is 0 Å². The van der Waals surface area contributed by atoms with Crippen LogP contribution >= 0.6 is 0 Å². The lowest BCUT2D eigenvalue weighted by Gasteiger charge is -2.30. The Bertz CT molecular complexity index is 1110. The Balaban J connectivity index is 1.37. The van der Waals surface area contributed by atoms with Gasteiger partial charge in [0.2, 0.25) is 5.95 Å². The van der Waals surface area contributed by atoms with Crippen LogP contribution in [0.4, 0.5) is 29.3 Å². The second kappa shape index (κ2) is 9.51. The summed E-state index contributed by atoms with van der Waals surface area (Å²) in [6.07, 6.45) is -1.42. The summed E-state index contributed by atoms with van der Waals surface area (Å²) in [5.41, 5.74) is -0.388. The molecule has 0 saturated heterocycles. The highest BCUT2D eigenvalue weighted by Gasteiger charge is 2.34. The van der Waals surface area contributed by atoms with Gasteiger partial charge < -0.3 is 15.5 Å². The molecule has 0 bridgehead atoms. The van der Waals surface area contributed by atoms with Crippen molar-refractivity contribution in [2.75, 3.05) is 24.3 Å². The smallest absolute Gasteiger partial charge is 0.362 e. The van der Waals surface area contributed by atoms with Crippen molar-refractivity contribution in [2.45, 2.75) is 50.5 Å². The number of hydrogen-bond donors (Lipinski definition) is 2. The second-order valence-corrected chi connectivity index (χ2v) is 8.62. The second-order valence-electron chi connectivity index (χ2n) is 8.62. The summed E-state index contributed by atoms with van der Waals surface area (Å²) in [4.78, 5) is 11.3. The lowest BCUT2D eigenvalue weighted by atomic mass is 9.91. The Labute approximate surface area is 190 Å². The first-order valence-electron chi connectivity index (χ1n) is 11.0. The SMILES string of the molecule is CN(C)c1nc(N[C@H]2CC[C@@H](NCc3c(F)cccc3C(F)(F)F)CC2)nc2ccccc12. The fourth-order valence-electron chi connectivity index (χ4n) is 4.34. The van der Waals surface area contributed by atoms with Gasteiger partial charge in [-0.3, -0.25) is 0 Å². The van der Waals surface area contributed by atoms with Crippen LogP contribution in [0.25, 0.3) is 10.9 Å². The number of hydrogen-bond acceptors (Lipinski definition) is 5. The van der Waals surface area contributed by atoms with Gasteiger partial charge in [0.1, 0.15) is 11.6 Å². The van der Waals surface area contributed by atoms with Gasteiger partial charge in [-0.05, 0) is 49.9 Å². The Morgan fingerprint density at radius 3 is 2.33 bits per heavy atom. The first-order valence-corrected chi connectivity index (χ1v) is 11.0. The van der Waals surface area contributed by atoms with E-state index < -0.39 is 17.6 Å². The van der Waals surface area contributed by atoms with E-state index in [-0.39, 0.29) is 24.2 Å². The number of rotatable bonds is 6. The minimum atomic E-state index is -4.58. The summed E-state index contributed by atoms with van der Waals surface area (Å²) < 4.78 is 53.7. The molecular formula is C24H27F4N5. The summed E-state index contributed by atoms with van der Waals surface area (Å²) in [6.45, 7) is -0.149. The molecule has 4 rings (SSSR count). The number of nitrogens with one attached hydrogen (secondary N) is 2. The van der Waals surface area contributed by atoms with Crippen molar-refractivity contribution in [3.05, 3.63) is 59.4 Å². The first-order chi connectivity index (χ1) is 15.7. The van der Waals surface area contributed by atoms with E-state index >= 15 is 0 Å². The van der Waals surface area contributed by atoms with E-state index in [1.807, 2.05) is 43.3 Å². The van der Waals surface area contributed by atoms with E-state index in [1.165, 1.54) is 0 Å². The third kappa shape index (κ3) is 5.35. The molecule has 0 spiro atoms. The highest BCUT2D eigenvalue weighted by molar-refractivity contribution is 5.90. The van der Waals surface area contributed by atoms with Gasteiger partial charge in [0.25, 0.3) is 0 Å². The van der Waals surface area contributed by atoms with Gasteiger partial charge in [0.05, 0.1) is 11.1 Å². The maximum Gasteiger partial charge on any atom is 0.416 e. The average Bonchev–Trinajstić information content (AvgIpc) is 2.78. The van der Waals surface area contributed by atoms with Crippen molar-refractivity contribution < 1.29 is 17.6 Å². The molecule has 0 atom stereocenters. The molecule has 1 heterocycles. The zero-order chi connectivity index (χ0) is 23.6. The molecule has 1 fully saturated rings. The molecule has 33 heavy (non-hydrogen) atoms. The van der Waals surface area contributed by atoms with Crippen molar-refractivity contribution in [1.82, 2.24) is 15.3 Å². The van der Waals surface area contributed by atoms with Crippen LogP contribution in [-0.4, -0.2) is 36.1 Å². The zero-order valence-corrected chi connectivity index (χ0v) is 18.6. The molecule has 0 amide bonds. The van der Waals surface area contributed by atoms with Gasteiger partial charge >= 0.3 is 6.18 Å². The zero-order valence-electron chi connectivity index (χ0n) is 18.6. The summed E-state index contributed by atoms with van der Waals surface area (Å²) in [5.74, 6) is 0.566. The third-order valence-corrected chi connectivity index (χ3v) is 6.06. The topological polar surface area (TPSA) is 53.1 Å². The number of para-hydroxylation sites is 1. The molecule has 176 valence electrons. The minimum absolute atomic E-state index is 0.0265. The predicted octanol–water partition coefficient (Wildman–Crippen LogP) is 5.37. The maximum atomic E-state index is 14.1. The van der Waals surface area contributed by atoms with Gasteiger partial charge in [-0.2, -0.15) is 18.2 Å². The van der Waals surface area contributed by atoms with E-state index in [0.717, 1.165) is 60.6 Å². The number of alkyl halides is 3. The normalized spacial score (nSPS) is 19.0. The van der Waals surface area contributed by atoms with Crippen LogP contribution in [0.1, 0.15) is 36.8 Å². The molecular weight excluding hydrogens is 434 g/mol. The molecule has 0 aliphatic heterocycles. The highest BCUT2D eigenvalue weighted by Crippen LogP contribution is 2.33. The molecule has 2 N–H and O–H groups in total. The average molecular weight is 462 g/mol. The van der Waals surface area contributed by atoms with Crippen molar-refractivity contribution in [1.29, 1.82) is 0 Å². The Hall–Kier alpha value is -2.94. The van der Waals surface area contributed by atoms with Gasteiger partial charge in [0.15, 0.2) is 0 Å². The van der Waals surface area contributed by atoms with E-state index in [4.69, 9.17) is 0 Å². The lowest BCUT2D eigenvalue weighted by Crippen LogP contribution is -2.37. The summed E-state index contributed by atoms with van der Waals surface area (Å²) >= 11 is 0. The van der Waals surface area contributed by atoms with Crippen molar-refractivity contribution >= 4 is 22.7 Å². The molecule has 0 radical (unpaired) electrons. The van der Waals surface area contributed by atoms with Crippen molar-refractivity contribution in [2.24, 2.45) is 0 Å². The Morgan fingerprint density at radius 2 is 1.64 bits per heavy atom. The quantitative estimate of drug-likeness (QED) is 0.484. The number of nitrogens with zero attached hydrogens (tertiary/aromatic N) is 3. The standard InChI is InChI=1S/C24H27F4N5/c1-33(2)22-17-6-3-4-9-21(17)31-23(32-22)30-16-12-10-15(11-13-16)29-14-18-19(24(26,27)28)7-5-8-20(18)25/h3-9,15-16,29H,10-14H2,1-2H3,(H,30,31,32)/t15-,16+. The largest absolute Gasteiger partial charge is 0.416 e. The molecule has 3 aromatic rings. The number of benzene rings is 2. The molecule has 0 unspecified atom stereocenters. The highest BCUT2D eigenvalue weighted by atomic mass is 19.4. The van der Waals surface area contributed by atoms with Crippen LogP contribution in [0.5, 0.6) is 0 Å². The minimum Gasteiger partial charge on any atom is -0.362 e. The fourth-order valence-corrected chi connectivity index (χ4v) is 4.34.